The van der Waals surface area contributed by atoms with Crippen molar-refractivity contribution >= 4 is 17.7 Å². The molecule has 0 saturated carbocycles. The summed E-state index contributed by atoms with van der Waals surface area (Å²) >= 11 is 1.98. The second kappa shape index (κ2) is 4.71. The van der Waals surface area contributed by atoms with Crippen molar-refractivity contribution in [3.8, 4) is 0 Å². The van der Waals surface area contributed by atoms with Crippen molar-refractivity contribution in [3.05, 3.63) is 35.4 Å². The quantitative estimate of drug-likeness (QED) is 0.833. The maximum atomic E-state index is 10.7. The largest absolute Gasteiger partial charge is 0.478 e. The highest BCUT2D eigenvalue weighted by Gasteiger charge is 2.16. The molecule has 80 valence electrons. The predicted molar refractivity (Wildman–Crippen MR) is 62.5 cm³/mol. The fourth-order valence-corrected chi connectivity index (χ4v) is 3.18. The van der Waals surface area contributed by atoms with Crippen LogP contribution in [-0.2, 0) is 0 Å². The van der Waals surface area contributed by atoms with Crippen molar-refractivity contribution in [2.75, 3.05) is 5.75 Å². The summed E-state index contributed by atoms with van der Waals surface area (Å²) in [5.74, 6) is 0.378. The third-order valence-electron chi connectivity index (χ3n) is 2.71. The minimum atomic E-state index is -0.849. The molecular weight excluding hydrogens is 208 g/mol. The average molecular weight is 222 g/mol. The van der Waals surface area contributed by atoms with E-state index in [1.165, 1.54) is 30.6 Å². The smallest absolute Gasteiger partial charge is 0.335 e. The van der Waals surface area contributed by atoms with Crippen LogP contribution in [0.1, 0.15) is 40.4 Å². The molecule has 2 nitrogen and oxygen atoms in total. The molecule has 0 spiro atoms. The van der Waals surface area contributed by atoms with Crippen LogP contribution in [0.5, 0.6) is 0 Å². The van der Waals surface area contributed by atoms with Crippen molar-refractivity contribution in [1.82, 2.24) is 0 Å². The predicted octanol–water partition coefficient (Wildman–Crippen LogP) is 3.34. The number of carbonyl (C=O) groups is 1. The molecule has 1 fully saturated rings. The fraction of sp³-hybridized carbons (Fsp3) is 0.417. The third-order valence-corrected chi connectivity index (χ3v) is 4.14. The second-order valence-corrected chi connectivity index (χ2v) is 5.09. The van der Waals surface area contributed by atoms with Crippen LogP contribution < -0.4 is 0 Å². The van der Waals surface area contributed by atoms with Crippen molar-refractivity contribution in [2.24, 2.45) is 0 Å². The molecule has 15 heavy (non-hydrogen) atoms. The van der Waals surface area contributed by atoms with E-state index in [1.54, 1.807) is 12.1 Å². The first-order valence-corrected chi connectivity index (χ1v) is 6.27. The Morgan fingerprint density at radius 1 is 1.27 bits per heavy atom. The topological polar surface area (TPSA) is 37.3 Å². The summed E-state index contributed by atoms with van der Waals surface area (Å²) in [6.45, 7) is 0. The van der Waals surface area contributed by atoms with E-state index in [0.717, 1.165) is 0 Å². The molecule has 1 atom stereocenters. The summed E-state index contributed by atoms with van der Waals surface area (Å²) in [7, 11) is 0. The monoisotopic (exact) mass is 222 g/mol. The van der Waals surface area contributed by atoms with E-state index in [2.05, 4.69) is 0 Å². The SMILES string of the molecule is O=C(O)c1ccc(C2CCCCS2)cc1. The normalized spacial score (nSPS) is 21.2. The highest BCUT2D eigenvalue weighted by Crippen LogP contribution is 2.38. The Labute approximate surface area is 93.7 Å². The molecule has 1 saturated heterocycles. The lowest BCUT2D eigenvalue weighted by Gasteiger charge is -2.21. The van der Waals surface area contributed by atoms with Crippen LogP contribution in [0.2, 0.25) is 0 Å². The van der Waals surface area contributed by atoms with Gasteiger partial charge in [-0.1, -0.05) is 18.6 Å². The van der Waals surface area contributed by atoms with Gasteiger partial charge in [-0.25, -0.2) is 4.79 Å². The molecule has 1 aliphatic heterocycles. The van der Waals surface area contributed by atoms with Gasteiger partial charge < -0.3 is 5.11 Å². The summed E-state index contributed by atoms with van der Waals surface area (Å²) in [4.78, 5) is 10.7. The molecule has 1 N–H and O–H groups in total. The van der Waals surface area contributed by atoms with E-state index in [4.69, 9.17) is 5.11 Å². The van der Waals surface area contributed by atoms with E-state index in [0.29, 0.717) is 10.8 Å². The zero-order valence-corrected chi connectivity index (χ0v) is 9.30. The lowest BCUT2D eigenvalue weighted by atomic mass is 10.0. The van der Waals surface area contributed by atoms with Crippen LogP contribution in [0.15, 0.2) is 24.3 Å². The number of thioether (sulfide) groups is 1. The lowest BCUT2D eigenvalue weighted by molar-refractivity contribution is 0.0697. The molecule has 1 aromatic carbocycles. The highest BCUT2D eigenvalue weighted by molar-refractivity contribution is 7.99. The molecule has 0 aliphatic carbocycles. The Morgan fingerprint density at radius 3 is 2.53 bits per heavy atom. The van der Waals surface area contributed by atoms with Crippen LogP contribution in [0, 0.1) is 0 Å². The molecule has 2 rings (SSSR count). The van der Waals surface area contributed by atoms with E-state index < -0.39 is 5.97 Å². The maximum absolute atomic E-state index is 10.7. The Hall–Kier alpha value is -0.960. The first-order valence-electron chi connectivity index (χ1n) is 5.22. The van der Waals surface area contributed by atoms with Gasteiger partial charge in [0.1, 0.15) is 0 Å². The number of carboxylic acids is 1. The van der Waals surface area contributed by atoms with Gasteiger partial charge in [-0.3, -0.25) is 0 Å². The van der Waals surface area contributed by atoms with Gasteiger partial charge >= 0.3 is 5.97 Å². The standard InChI is InChI=1S/C12H14O2S/c13-12(14)10-6-4-9(5-7-10)11-3-1-2-8-15-11/h4-7,11H,1-3,8H2,(H,13,14). The molecule has 3 heteroatoms. The minimum Gasteiger partial charge on any atom is -0.478 e. The molecule has 0 aromatic heterocycles. The van der Waals surface area contributed by atoms with E-state index in [1.807, 2.05) is 23.9 Å². The van der Waals surface area contributed by atoms with Gasteiger partial charge in [0.25, 0.3) is 0 Å². The van der Waals surface area contributed by atoms with Crippen molar-refractivity contribution in [2.45, 2.75) is 24.5 Å². The molecule has 1 heterocycles. The fourth-order valence-electron chi connectivity index (χ4n) is 1.84. The van der Waals surface area contributed by atoms with Crippen molar-refractivity contribution in [1.29, 1.82) is 0 Å². The maximum Gasteiger partial charge on any atom is 0.335 e. The molecule has 1 unspecified atom stereocenters. The van der Waals surface area contributed by atoms with Crippen molar-refractivity contribution in [3.63, 3.8) is 0 Å². The molecule has 0 bridgehead atoms. The van der Waals surface area contributed by atoms with Crippen LogP contribution in [0.25, 0.3) is 0 Å². The van der Waals surface area contributed by atoms with Gasteiger partial charge in [-0.15, -0.1) is 0 Å². The molecular formula is C12H14O2S. The van der Waals surface area contributed by atoms with Gasteiger partial charge in [0.15, 0.2) is 0 Å². The second-order valence-electron chi connectivity index (χ2n) is 3.78. The highest BCUT2D eigenvalue weighted by atomic mass is 32.2. The van der Waals surface area contributed by atoms with Gasteiger partial charge in [-0.05, 0) is 36.3 Å². The molecule has 0 amide bonds. The van der Waals surface area contributed by atoms with E-state index >= 15 is 0 Å². The zero-order valence-electron chi connectivity index (χ0n) is 8.48. The average Bonchev–Trinajstić information content (AvgIpc) is 2.30. The first kappa shape index (κ1) is 10.6. The van der Waals surface area contributed by atoms with Gasteiger partial charge in [0.05, 0.1) is 5.56 Å². The van der Waals surface area contributed by atoms with Crippen LogP contribution >= 0.6 is 11.8 Å². The number of aromatic carboxylic acids is 1. The Bertz CT molecular complexity index is 339. The van der Waals surface area contributed by atoms with Gasteiger partial charge in [0.2, 0.25) is 0 Å². The third kappa shape index (κ3) is 2.53. The summed E-state index contributed by atoms with van der Waals surface area (Å²) in [6.07, 6.45) is 3.82. The summed E-state index contributed by atoms with van der Waals surface area (Å²) in [5.41, 5.74) is 1.64. The Kier molecular flexibility index (Phi) is 3.31. The number of benzene rings is 1. The number of hydrogen-bond acceptors (Lipinski definition) is 2. The van der Waals surface area contributed by atoms with Crippen LogP contribution in [0.4, 0.5) is 0 Å². The number of rotatable bonds is 2. The molecule has 1 aliphatic rings. The lowest BCUT2D eigenvalue weighted by Crippen LogP contribution is -2.03. The van der Waals surface area contributed by atoms with E-state index in [9.17, 15) is 4.79 Å². The Balaban J connectivity index is 2.11. The van der Waals surface area contributed by atoms with Gasteiger partial charge in [0, 0.05) is 5.25 Å². The van der Waals surface area contributed by atoms with E-state index in [-0.39, 0.29) is 0 Å². The zero-order chi connectivity index (χ0) is 10.7. The van der Waals surface area contributed by atoms with Gasteiger partial charge in [-0.2, -0.15) is 11.8 Å². The van der Waals surface area contributed by atoms with Crippen LogP contribution in [0.3, 0.4) is 0 Å². The number of hydrogen-bond donors (Lipinski definition) is 1. The summed E-state index contributed by atoms with van der Waals surface area (Å²) in [5, 5.41) is 9.35. The van der Waals surface area contributed by atoms with Crippen molar-refractivity contribution < 1.29 is 9.90 Å². The van der Waals surface area contributed by atoms with Crippen LogP contribution in [-0.4, -0.2) is 16.8 Å². The molecule has 0 radical (unpaired) electrons. The molecule has 1 aromatic rings. The minimum absolute atomic E-state index is 0.375. The summed E-state index contributed by atoms with van der Waals surface area (Å²) in [6, 6.07) is 7.30. The number of carboxylic acid groups (broad SMARTS) is 1. The summed E-state index contributed by atoms with van der Waals surface area (Å²) < 4.78 is 0. The first-order chi connectivity index (χ1) is 7.27. The Morgan fingerprint density at radius 2 is 2.00 bits per heavy atom.